The highest BCUT2D eigenvalue weighted by Gasteiger charge is 1.95. The molecule has 0 heterocycles. The first-order valence-electron chi connectivity index (χ1n) is 6.16. The minimum atomic E-state index is 1.20. The monoisotopic (exact) mass is 214 g/mol. The highest BCUT2D eigenvalue weighted by atomic mass is 14.0. The van der Waals surface area contributed by atoms with Crippen LogP contribution in [0.25, 0.3) is 5.57 Å². The molecule has 0 amide bonds. The van der Waals surface area contributed by atoms with Crippen molar-refractivity contribution in [2.75, 3.05) is 0 Å². The van der Waals surface area contributed by atoms with Crippen LogP contribution in [0.15, 0.2) is 42.5 Å². The van der Waals surface area contributed by atoms with E-state index in [4.69, 9.17) is 0 Å². The van der Waals surface area contributed by atoms with Crippen molar-refractivity contribution >= 4 is 5.57 Å². The van der Waals surface area contributed by atoms with Gasteiger partial charge in [-0.3, -0.25) is 0 Å². The Balaban J connectivity index is 2.70. The lowest BCUT2D eigenvalue weighted by molar-refractivity contribution is 0.795. The summed E-state index contributed by atoms with van der Waals surface area (Å²) in [6.07, 6.45) is 10.0. The van der Waals surface area contributed by atoms with Crippen LogP contribution in [-0.2, 0) is 6.42 Å². The van der Waals surface area contributed by atoms with Crippen LogP contribution in [0.5, 0.6) is 0 Å². The lowest BCUT2D eigenvalue weighted by Crippen LogP contribution is -1.85. The molecule has 0 bridgehead atoms. The van der Waals surface area contributed by atoms with Gasteiger partial charge >= 0.3 is 0 Å². The topological polar surface area (TPSA) is 0 Å². The largest absolute Gasteiger partial charge is 0.0877 e. The second-order valence-electron chi connectivity index (χ2n) is 4.18. The van der Waals surface area contributed by atoms with Gasteiger partial charge in [0.2, 0.25) is 0 Å². The number of unbranched alkanes of at least 4 members (excludes halogenated alkanes) is 1. The fourth-order valence-electron chi connectivity index (χ4n) is 1.65. The van der Waals surface area contributed by atoms with E-state index in [9.17, 15) is 0 Å². The third kappa shape index (κ3) is 4.06. The molecule has 0 heteroatoms. The van der Waals surface area contributed by atoms with E-state index in [1.54, 1.807) is 0 Å². The summed E-state index contributed by atoms with van der Waals surface area (Å²) in [7, 11) is 0. The number of hydrogen-bond donors (Lipinski definition) is 0. The summed E-state index contributed by atoms with van der Waals surface area (Å²) < 4.78 is 0. The zero-order valence-corrected chi connectivity index (χ0v) is 10.7. The summed E-state index contributed by atoms with van der Waals surface area (Å²) in [5.41, 5.74) is 4.09. The Morgan fingerprint density at radius 1 is 1.19 bits per heavy atom. The van der Waals surface area contributed by atoms with Crippen molar-refractivity contribution < 1.29 is 0 Å². The van der Waals surface area contributed by atoms with E-state index in [2.05, 4.69) is 56.3 Å². The summed E-state index contributed by atoms with van der Waals surface area (Å²) >= 11 is 0. The van der Waals surface area contributed by atoms with Crippen molar-refractivity contribution in [1.82, 2.24) is 0 Å². The first kappa shape index (κ1) is 12.8. The van der Waals surface area contributed by atoms with Gasteiger partial charge in [-0.05, 0) is 43.4 Å². The van der Waals surface area contributed by atoms with E-state index in [0.717, 1.165) is 0 Å². The molecular weight excluding hydrogens is 192 g/mol. The minimum absolute atomic E-state index is 1.20. The Bertz CT molecular complexity index is 352. The molecule has 0 aliphatic heterocycles. The maximum Gasteiger partial charge on any atom is -0.0227 e. The van der Waals surface area contributed by atoms with Crippen molar-refractivity contribution in [2.45, 2.75) is 40.0 Å². The predicted molar refractivity (Wildman–Crippen MR) is 73.5 cm³/mol. The van der Waals surface area contributed by atoms with Gasteiger partial charge in [-0.15, -0.1) is 0 Å². The molecule has 0 N–H and O–H groups in total. The second-order valence-corrected chi connectivity index (χ2v) is 4.18. The van der Waals surface area contributed by atoms with Crippen LogP contribution in [0.1, 0.15) is 44.7 Å². The van der Waals surface area contributed by atoms with Crippen LogP contribution in [0.4, 0.5) is 0 Å². The minimum Gasteiger partial charge on any atom is -0.0877 e. The maximum atomic E-state index is 2.25. The number of aryl methyl sites for hydroxylation is 1. The van der Waals surface area contributed by atoms with Gasteiger partial charge in [-0.1, -0.05) is 55.8 Å². The average molecular weight is 214 g/mol. The normalized spacial score (nSPS) is 12.3. The maximum absolute atomic E-state index is 2.25. The van der Waals surface area contributed by atoms with E-state index in [0.29, 0.717) is 0 Å². The molecule has 1 rings (SSSR count). The molecule has 1 aromatic carbocycles. The Hall–Kier alpha value is -1.30. The third-order valence-corrected chi connectivity index (χ3v) is 2.77. The van der Waals surface area contributed by atoms with Crippen LogP contribution >= 0.6 is 0 Å². The summed E-state index contributed by atoms with van der Waals surface area (Å²) in [4.78, 5) is 0. The zero-order valence-electron chi connectivity index (χ0n) is 10.7. The zero-order chi connectivity index (χ0) is 11.8. The lowest BCUT2D eigenvalue weighted by Gasteiger charge is -2.03. The number of rotatable bonds is 5. The molecule has 0 atom stereocenters. The highest BCUT2D eigenvalue weighted by molar-refractivity contribution is 5.65. The summed E-state index contributed by atoms with van der Waals surface area (Å²) in [6.45, 7) is 6.43. The Labute approximate surface area is 99.7 Å². The van der Waals surface area contributed by atoms with E-state index in [1.165, 1.54) is 36.0 Å². The van der Waals surface area contributed by atoms with Crippen LogP contribution < -0.4 is 0 Å². The Morgan fingerprint density at radius 2 is 1.88 bits per heavy atom. The molecule has 0 saturated carbocycles. The molecule has 0 aliphatic carbocycles. The smallest absolute Gasteiger partial charge is 0.0227 e. The van der Waals surface area contributed by atoms with Crippen molar-refractivity contribution in [3.63, 3.8) is 0 Å². The Kier molecular flexibility index (Phi) is 5.63. The third-order valence-electron chi connectivity index (χ3n) is 2.77. The van der Waals surface area contributed by atoms with E-state index in [1.807, 2.05) is 6.92 Å². The number of hydrogen-bond acceptors (Lipinski definition) is 0. The number of benzene rings is 1. The van der Waals surface area contributed by atoms with Crippen LogP contribution in [-0.4, -0.2) is 0 Å². The fraction of sp³-hybridized carbons (Fsp3) is 0.375. The van der Waals surface area contributed by atoms with Gasteiger partial charge in [0.25, 0.3) is 0 Å². The number of allylic oxidation sites excluding steroid dienone is 4. The van der Waals surface area contributed by atoms with Crippen molar-refractivity contribution in [3.8, 4) is 0 Å². The van der Waals surface area contributed by atoms with Crippen molar-refractivity contribution in [1.29, 1.82) is 0 Å². The van der Waals surface area contributed by atoms with Gasteiger partial charge in [0.1, 0.15) is 0 Å². The Morgan fingerprint density at radius 3 is 2.44 bits per heavy atom. The molecular formula is C16H22. The first-order valence-corrected chi connectivity index (χ1v) is 6.16. The van der Waals surface area contributed by atoms with Gasteiger partial charge in [-0.2, -0.15) is 0 Å². The van der Waals surface area contributed by atoms with Gasteiger partial charge in [-0.25, -0.2) is 0 Å². The van der Waals surface area contributed by atoms with Crippen LogP contribution in [0, 0.1) is 0 Å². The summed E-state index contributed by atoms with van der Waals surface area (Å²) in [5, 5.41) is 0. The van der Waals surface area contributed by atoms with Gasteiger partial charge < -0.3 is 0 Å². The quantitative estimate of drug-likeness (QED) is 0.604. The molecule has 0 spiro atoms. The molecule has 0 fully saturated rings. The van der Waals surface area contributed by atoms with Gasteiger partial charge in [0, 0.05) is 0 Å². The van der Waals surface area contributed by atoms with Crippen LogP contribution in [0.3, 0.4) is 0 Å². The van der Waals surface area contributed by atoms with Gasteiger partial charge in [0.05, 0.1) is 0 Å². The van der Waals surface area contributed by atoms with E-state index in [-0.39, 0.29) is 0 Å². The molecule has 0 aliphatic rings. The average Bonchev–Trinajstić information content (AvgIpc) is 2.34. The molecule has 0 saturated heterocycles. The second kappa shape index (κ2) is 7.05. The molecule has 16 heavy (non-hydrogen) atoms. The summed E-state index contributed by atoms with van der Waals surface area (Å²) in [5.74, 6) is 0. The lowest BCUT2D eigenvalue weighted by atomic mass is 10.0. The SMILES string of the molecule is C/C=C\C=C(/C)c1ccc(CCCC)cc1. The predicted octanol–water partition coefficient (Wildman–Crippen LogP) is 5.01. The van der Waals surface area contributed by atoms with E-state index < -0.39 is 0 Å². The molecule has 86 valence electrons. The van der Waals surface area contributed by atoms with Crippen LogP contribution in [0.2, 0.25) is 0 Å². The van der Waals surface area contributed by atoms with Crippen molar-refractivity contribution in [3.05, 3.63) is 53.6 Å². The summed E-state index contributed by atoms with van der Waals surface area (Å²) in [6, 6.07) is 8.94. The molecule has 1 aromatic rings. The van der Waals surface area contributed by atoms with Gasteiger partial charge in [0.15, 0.2) is 0 Å². The van der Waals surface area contributed by atoms with E-state index >= 15 is 0 Å². The fourth-order valence-corrected chi connectivity index (χ4v) is 1.65. The molecule has 0 radical (unpaired) electrons. The molecule has 0 unspecified atom stereocenters. The highest BCUT2D eigenvalue weighted by Crippen LogP contribution is 2.15. The molecule has 0 nitrogen and oxygen atoms in total. The standard InChI is InChI=1S/C16H22/c1-4-6-8-14(3)16-12-10-15(11-13-16)9-7-5-2/h4,6,8,10-13H,5,7,9H2,1-3H3/b6-4-,14-8+. The molecule has 0 aromatic heterocycles. The first-order chi connectivity index (χ1) is 7.77. The van der Waals surface area contributed by atoms with Crippen molar-refractivity contribution in [2.24, 2.45) is 0 Å².